The molecule has 1 rings (SSSR count). The first-order chi connectivity index (χ1) is 8.91. The average molecular weight is 264 g/mol. The molecular formula is C13H20N4O2. The molecule has 0 fully saturated rings. The van der Waals surface area contributed by atoms with Crippen molar-refractivity contribution in [3.8, 4) is 0 Å². The summed E-state index contributed by atoms with van der Waals surface area (Å²) >= 11 is 0. The number of amides is 2. The van der Waals surface area contributed by atoms with E-state index in [1.54, 1.807) is 18.2 Å². The summed E-state index contributed by atoms with van der Waals surface area (Å²) in [4.78, 5) is 22.7. The normalized spacial score (nSPS) is 10.3. The third-order valence-electron chi connectivity index (χ3n) is 2.52. The zero-order valence-electron chi connectivity index (χ0n) is 11.2. The smallest absolute Gasteiger partial charge is 0.250 e. The lowest BCUT2D eigenvalue weighted by Gasteiger charge is -2.12. The van der Waals surface area contributed by atoms with Crippen molar-refractivity contribution in [1.82, 2.24) is 5.32 Å². The quantitative estimate of drug-likeness (QED) is 0.562. The van der Waals surface area contributed by atoms with Gasteiger partial charge < -0.3 is 22.1 Å². The molecule has 0 atom stereocenters. The van der Waals surface area contributed by atoms with Crippen LogP contribution in [0.25, 0.3) is 0 Å². The fourth-order valence-corrected chi connectivity index (χ4v) is 1.49. The number of benzene rings is 1. The standard InChI is InChI=1S/C13H20N4O2/c1-8(2)6-17-11(18)7-16-10-5-3-4-9(12(10)14)13(15)19/h3-5,8,16H,6-7,14H2,1-2H3,(H2,15,19)(H,17,18). The van der Waals surface area contributed by atoms with Crippen molar-refractivity contribution in [3.63, 3.8) is 0 Å². The minimum Gasteiger partial charge on any atom is -0.396 e. The van der Waals surface area contributed by atoms with E-state index in [4.69, 9.17) is 11.5 Å². The Morgan fingerprint density at radius 3 is 2.58 bits per heavy atom. The van der Waals surface area contributed by atoms with E-state index >= 15 is 0 Å². The third-order valence-corrected chi connectivity index (χ3v) is 2.52. The lowest BCUT2D eigenvalue weighted by Crippen LogP contribution is -2.32. The summed E-state index contributed by atoms with van der Waals surface area (Å²) < 4.78 is 0. The molecule has 0 unspecified atom stereocenters. The number of hydrogen-bond acceptors (Lipinski definition) is 4. The number of carbonyl (C=O) groups is 2. The highest BCUT2D eigenvalue weighted by molar-refractivity contribution is 6.01. The van der Waals surface area contributed by atoms with Crippen molar-refractivity contribution < 1.29 is 9.59 Å². The van der Waals surface area contributed by atoms with Crippen molar-refractivity contribution >= 4 is 23.2 Å². The highest BCUT2D eigenvalue weighted by Gasteiger charge is 2.10. The maximum Gasteiger partial charge on any atom is 0.250 e. The summed E-state index contributed by atoms with van der Waals surface area (Å²) in [5.41, 5.74) is 12.0. The van der Waals surface area contributed by atoms with E-state index in [0.29, 0.717) is 18.2 Å². The van der Waals surface area contributed by atoms with Crippen LogP contribution in [0.1, 0.15) is 24.2 Å². The number of para-hydroxylation sites is 1. The van der Waals surface area contributed by atoms with Crippen molar-refractivity contribution in [2.24, 2.45) is 11.7 Å². The molecule has 2 amide bonds. The molecule has 104 valence electrons. The number of anilines is 2. The first-order valence-corrected chi connectivity index (χ1v) is 6.10. The molecule has 0 aliphatic heterocycles. The number of nitrogens with one attached hydrogen (secondary N) is 2. The fourth-order valence-electron chi connectivity index (χ4n) is 1.49. The molecular weight excluding hydrogens is 244 g/mol. The molecule has 6 nitrogen and oxygen atoms in total. The molecule has 0 aliphatic rings. The molecule has 0 bridgehead atoms. The van der Waals surface area contributed by atoms with Crippen LogP contribution >= 0.6 is 0 Å². The molecule has 19 heavy (non-hydrogen) atoms. The second-order valence-electron chi connectivity index (χ2n) is 4.68. The van der Waals surface area contributed by atoms with E-state index in [9.17, 15) is 9.59 Å². The van der Waals surface area contributed by atoms with Crippen LogP contribution in [0.3, 0.4) is 0 Å². The molecule has 0 radical (unpaired) electrons. The van der Waals surface area contributed by atoms with Crippen molar-refractivity contribution in [1.29, 1.82) is 0 Å². The predicted molar refractivity (Wildman–Crippen MR) is 75.7 cm³/mol. The minimum absolute atomic E-state index is 0.0964. The van der Waals surface area contributed by atoms with Crippen LogP contribution < -0.4 is 22.1 Å². The van der Waals surface area contributed by atoms with Crippen LogP contribution in [0, 0.1) is 5.92 Å². The van der Waals surface area contributed by atoms with Gasteiger partial charge in [-0.2, -0.15) is 0 Å². The van der Waals surface area contributed by atoms with Gasteiger partial charge in [0.1, 0.15) is 0 Å². The second-order valence-corrected chi connectivity index (χ2v) is 4.68. The average Bonchev–Trinajstić information content (AvgIpc) is 2.34. The first kappa shape index (κ1) is 14.8. The van der Waals surface area contributed by atoms with Gasteiger partial charge in [-0.05, 0) is 18.1 Å². The predicted octanol–water partition coefficient (Wildman–Crippen LogP) is 0.552. The van der Waals surface area contributed by atoms with Gasteiger partial charge in [-0.25, -0.2) is 0 Å². The Hall–Kier alpha value is -2.24. The second kappa shape index (κ2) is 6.63. The van der Waals surface area contributed by atoms with Crippen LogP contribution in [-0.2, 0) is 4.79 Å². The van der Waals surface area contributed by atoms with E-state index in [0.717, 1.165) is 0 Å². The third kappa shape index (κ3) is 4.50. The number of rotatable bonds is 6. The Morgan fingerprint density at radius 1 is 1.32 bits per heavy atom. The lowest BCUT2D eigenvalue weighted by atomic mass is 10.1. The van der Waals surface area contributed by atoms with Gasteiger partial charge in [0.15, 0.2) is 0 Å². The van der Waals surface area contributed by atoms with Crippen LogP contribution in [0.4, 0.5) is 11.4 Å². The maximum absolute atomic E-state index is 11.5. The molecule has 0 saturated carbocycles. The Morgan fingerprint density at radius 2 is 2.00 bits per heavy atom. The summed E-state index contributed by atoms with van der Waals surface area (Å²) in [5, 5.41) is 5.66. The van der Waals surface area contributed by atoms with Gasteiger partial charge in [0.05, 0.1) is 23.5 Å². The van der Waals surface area contributed by atoms with Gasteiger partial charge in [0, 0.05) is 6.54 Å². The number of hydrogen-bond donors (Lipinski definition) is 4. The van der Waals surface area contributed by atoms with Crippen LogP contribution in [0.2, 0.25) is 0 Å². The van der Waals surface area contributed by atoms with Crippen molar-refractivity contribution in [2.75, 3.05) is 24.1 Å². The van der Waals surface area contributed by atoms with E-state index in [1.165, 1.54) is 0 Å². The van der Waals surface area contributed by atoms with Gasteiger partial charge in [-0.1, -0.05) is 19.9 Å². The Bertz CT molecular complexity index is 472. The molecule has 0 saturated heterocycles. The van der Waals surface area contributed by atoms with E-state index in [2.05, 4.69) is 10.6 Å². The SMILES string of the molecule is CC(C)CNC(=O)CNc1cccc(C(N)=O)c1N. The monoisotopic (exact) mass is 264 g/mol. The van der Waals surface area contributed by atoms with E-state index < -0.39 is 5.91 Å². The molecule has 0 aliphatic carbocycles. The Balaban J connectivity index is 2.61. The van der Waals surface area contributed by atoms with Crippen molar-refractivity contribution in [2.45, 2.75) is 13.8 Å². The van der Waals surface area contributed by atoms with Crippen LogP contribution in [-0.4, -0.2) is 24.9 Å². The molecule has 0 spiro atoms. The van der Waals surface area contributed by atoms with Gasteiger partial charge >= 0.3 is 0 Å². The molecule has 0 aromatic heterocycles. The summed E-state index contributed by atoms with van der Waals surface area (Å²) in [5.74, 6) is -0.324. The number of carbonyl (C=O) groups excluding carboxylic acids is 2. The highest BCUT2D eigenvalue weighted by atomic mass is 16.2. The topological polar surface area (TPSA) is 110 Å². The van der Waals surface area contributed by atoms with Crippen LogP contribution in [0.15, 0.2) is 18.2 Å². The fraction of sp³-hybridized carbons (Fsp3) is 0.385. The number of nitrogens with two attached hydrogens (primary N) is 2. The van der Waals surface area contributed by atoms with Crippen LogP contribution in [0.5, 0.6) is 0 Å². The summed E-state index contributed by atoms with van der Waals surface area (Å²) in [6, 6.07) is 4.89. The molecule has 6 heteroatoms. The zero-order valence-corrected chi connectivity index (χ0v) is 11.2. The minimum atomic E-state index is -0.592. The molecule has 1 aromatic rings. The van der Waals surface area contributed by atoms with E-state index in [1.807, 2.05) is 13.8 Å². The van der Waals surface area contributed by atoms with Crippen molar-refractivity contribution in [3.05, 3.63) is 23.8 Å². The maximum atomic E-state index is 11.5. The molecule has 1 aromatic carbocycles. The summed E-state index contributed by atoms with van der Waals surface area (Å²) in [7, 11) is 0. The van der Waals surface area contributed by atoms with Gasteiger partial charge in [0.25, 0.3) is 5.91 Å². The Kier molecular flexibility index (Phi) is 5.17. The van der Waals surface area contributed by atoms with E-state index in [-0.39, 0.29) is 23.7 Å². The highest BCUT2D eigenvalue weighted by Crippen LogP contribution is 2.21. The number of nitrogen functional groups attached to an aromatic ring is 1. The number of primary amides is 1. The van der Waals surface area contributed by atoms with Gasteiger partial charge in [0.2, 0.25) is 5.91 Å². The first-order valence-electron chi connectivity index (χ1n) is 6.10. The zero-order chi connectivity index (χ0) is 14.4. The van der Waals surface area contributed by atoms with Gasteiger partial charge in [-0.15, -0.1) is 0 Å². The summed E-state index contributed by atoms with van der Waals surface area (Å²) in [6.45, 7) is 4.75. The molecule has 6 N–H and O–H groups in total. The lowest BCUT2D eigenvalue weighted by molar-refractivity contribution is -0.119. The largest absolute Gasteiger partial charge is 0.396 e. The van der Waals surface area contributed by atoms with Gasteiger partial charge in [-0.3, -0.25) is 9.59 Å². The Labute approximate surface area is 112 Å². The summed E-state index contributed by atoms with van der Waals surface area (Å²) in [6.07, 6.45) is 0. The molecule has 0 heterocycles.